The number of amides is 1. The van der Waals surface area contributed by atoms with Gasteiger partial charge in [0.05, 0.1) is 10.7 Å². The van der Waals surface area contributed by atoms with Crippen molar-refractivity contribution in [3.8, 4) is 0 Å². The highest BCUT2D eigenvalue weighted by molar-refractivity contribution is 7.13. The number of nitrogens with one attached hydrogen (secondary N) is 2. The summed E-state index contributed by atoms with van der Waals surface area (Å²) in [7, 11) is 0. The van der Waals surface area contributed by atoms with Crippen LogP contribution >= 0.6 is 11.3 Å². The van der Waals surface area contributed by atoms with Crippen molar-refractivity contribution in [2.75, 3.05) is 5.32 Å². The minimum Gasteiger partial charge on any atom is -0.304 e. The normalized spacial score (nSPS) is 10.4. The molecule has 2 N–H and O–H groups in total. The van der Waals surface area contributed by atoms with Crippen molar-refractivity contribution in [3.63, 3.8) is 0 Å². The zero-order chi connectivity index (χ0) is 11.7. The number of carbonyl (C=O) groups excluding carboxylic acids is 1. The van der Waals surface area contributed by atoms with Crippen molar-refractivity contribution >= 4 is 23.1 Å². The number of hydrogen-bond donors (Lipinski definition) is 2. The summed E-state index contributed by atoms with van der Waals surface area (Å²) >= 11 is 1.39. The van der Waals surface area contributed by atoms with Gasteiger partial charge in [0.15, 0.2) is 5.82 Å². The van der Waals surface area contributed by atoms with Crippen molar-refractivity contribution in [3.05, 3.63) is 27.3 Å². The highest BCUT2D eigenvalue weighted by Gasteiger charge is 2.14. The molecule has 0 spiro atoms. The van der Waals surface area contributed by atoms with E-state index in [1.54, 1.807) is 6.07 Å². The van der Waals surface area contributed by atoms with Crippen LogP contribution in [0, 0.1) is 20.8 Å². The predicted molar refractivity (Wildman–Crippen MR) is 62.9 cm³/mol. The first-order valence-electron chi connectivity index (χ1n) is 4.83. The third kappa shape index (κ3) is 2.11. The molecule has 0 saturated heterocycles. The minimum atomic E-state index is -0.158. The Bertz CT molecular complexity index is 529. The molecule has 0 atom stereocenters. The van der Waals surface area contributed by atoms with Gasteiger partial charge in [-0.3, -0.25) is 9.89 Å². The molecule has 2 rings (SSSR count). The molecule has 5 nitrogen and oxygen atoms in total. The Labute approximate surface area is 96.9 Å². The number of rotatable bonds is 2. The Morgan fingerprint density at radius 3 is 2.69 bits per heavy atom. The van der Waals surface area contributed by atoms with E-state index in [2.05, 4.69) is 20.5 Å². The molecule has 2 heterocycles. The molecule has 0 fully saturated rings. The fourth-order valence-corrected chi connectivity index (χ4v) is 2.21. The maximum Gasteiger partial charge on any atom is 0.268 e. The molecule has 0 aliphatic rings. The van der Waals surface area contributed by atoms with Crippen LogP contribution in [0.15, 0.2) is 6.07 Å². The second-order valence-electron chi connectivity index (χ2n) is 3.54. The van der Waals surface area contributed by atoms with E-state index in [4.69, 9.17) is 0 Å². The lowest BCUT2D eigenvalue weighted by atomic mass is 10.3. The van der Waals surface area contributed by atoms with E-state index >= 15 is 0 Å². The van der Waals surface area contributed by atoms with Crippen LogP contribution < -0.4 is 5.32 Å². The number of thiazole rings is 1. The topological polar surface area (TPSA) is 70.7 Å². The lowest BCUT2D eigenvalue weighted by Gasteiger charge is -1.98. The first-order valence-corrected chi connectivity index (χ1v) is 5.65. The summed E-state index contributed by atoms with van der Waals surface area (Å²) in [4.78, 5) is 16.7. The minimum absolute atomic E-state index is 0.158. The Balaban J connectivity index is 2.17. The number of aromatic nitrogens is 3. The van der Waals surface area contributed by atoms with E-state index in [-0.39, 0.29) is 5.91 Å². The van der Waals surface area contributed by atoms with Crippen molar-refractivity contribution in [1.82, 2.24) is 15.2 Å². The van der Waals surface area contributed by atoms with Gasteiger partial charge < -0.3 is 5.32 Å². The van der Waals surface area contributed by atoms with Gasteiger partial charge in [-0.15, -0.1) is 11.3 Å². The maximum atomic E-state index is 11.9. The zero-order valence-electron chi connectivity index (χ0n) is 9.29. The molecule has 6 heteroatoms. The molecule has 0 unspecified atom stereocenters. The van der Waals surface area contributed by atoms with Gasteiger partial charge in [-0.1, -0.05) is 0 Å². The summed E-state index contributed by atoms with van der Waals surface area (Å²) in [6.45, 7) is 5.59. The van der Waals surface area contributed by atoms with Gasteiger partial charge >= 0.3 is 0 Å². The van der Waals surface area contributed by atoms with E-state index in [0.717, 1.165) is 16.4 Å². The van der Waals surface area contributed by atoms with Crippen LogP contribution in [0.4, 0.5) is 5.82 Å². The average Bonchev–Trinajstić information content (AvgIpc) is 2.73. The Hall–Kier alpha value is -1.69. The number of hydrogen-bond acceptors (Lipinski definition) is 4. The number of nitrogens with zero attached hydrogens (tertiary/aromatic N) is 2. The van der Waals surface area contributed by atoms with E-state index in [9.17, 15) is 4.79 Å². The molecule has 2 aromatic rings. The number of H-pyrrole nitrogens is 1. The van der Waals surface area contributed by atoms with Gasteiger partial charge in [-0.05, 0) is 20.8 Å². The summed E-state index contributed by atoms with van der Waals surface area (Å²) in [6, 6.07) is 1.78. The predicted octanol–water partition coefficient (Wildman–Crippen LogP) is 2.04. The van der Waals surface area contributed by atoms with Gasteiger partial charge in [-0.25, -0.2) is 4.98 Å². The Morgan fingerprint density at radius 2 is 2.19 bits per heavy atom. The summed E-state index contributed by atoms with van der Waals surface area (Å²) in [6.07, 6.45) is 0. The molecular formula is C10H12N4OS. The van der Waals surface area contributed by atoms with Crippen molar-refractivity contribution < 1.29 is 4.79 Å². The third-order valence-corrected chi connectivity index (χ3v) is 3.13. The molecule has 0 aliphatic carbocycles. The Morgan fingerprint density at radius 1 is 1.44 bits per heavy atom. The SMILES string of the molecule is Cc1cc(NC(=O)c2sc(C)nc2C)n[nH]1. The molecule has 0 bridgehead atoms. The van der Waals surface area contributed by atoms with Crippen LogP contribution in [-0.2, 0) is 0 Å². The average molecular weight is 236 g/mol. The molecule has 16 heavy (non-hydrogen) atoms. The lowest BCUT2D eigenvalue weighted by molar-refractivity contribution is 0.102. The second-order valence-corrected chi connectivity index (χ2v) is 4.74. The summed E-state index contributed by atoms with van der Waals surface area (Å²) in [5.74, 6) is 0.377. The largest absolute Gasteiger partial charge is 0.304 e. The quantitative estimate of drug-likeness (QED) is 0.838. The number of carbonyl (C=O) groups is 1. The van der Waals surface area contributed by atoms with Crippen molar-refractivity contribution in [1.29, 1.82) is 0 Å². The van der Waals surface area contributed by atoms with E-state index in [0.29, 0.717) is 10.7 Å². The molecule has 1 amide bonds. The molecule has 2 aromatic heterocycles. The second kappa shape index (κ2) is 4.05. The monoisotopic (exact) mass is 236 g/mol. The lowest BCUT2D eigenvalue weighted by Crippen LogP contribution is -2.11. The molecular weight excluding hydrogens is 224 g/mol. The van der Waals surface area contributed by atoms with Crippen molar-refractivity contribution in [2.24, 2.45) is 0 Å². The van der Waals surface area contributed by atoms with Crippen LogP contribution in [-0.4, -0.2) is 21.1 Å². The fourth-order valence-electron chi connectivity index (χ4n) is 1.40. The van der Waals surface area contributed by atoms with Crippen LogP contribution in [0.5, 0.6) is 0 Å². The van der Waals surface area contributed by atoms with Crippen LogP contribution in [0.1, 0.15) is 26.1 Å². The first kappa shape index (κ1) is 10.8. The smallest absolute Gasteiger partial charge is 0.268 e. The molecule has 84 valence electrons. The molecule has 0 saturated carbocycles. The van der Waals surface area contributed by atoms with Gasteiger partial charge in [0, 0.05) is 11.8 Å². The van der Waals surface area contributed by atoms with E-state index in [1.165, 1.54) is 11.3 Å². The highest BCUT2D eigenvalue weighted by Crippen LogP contribution is 2.18. The van der Waals surface area contributed by atoms with Gasteiger partial charge in [0.1, 0.15) is 4.88 Å². The van der Waals surface area contributed by atoms with Gasteiger partial charge in [0.25, 0.3) is 5.91 Å². The maximum absolute atomic E-state index is 11.9. The highest BCUT2D eigenvalue weighted by atomic mass is 32.1. The molecule has 0 aromatic carbocycles. The molecule has 0 aliphatic heterocycles. The Kier molecular flexibility index (Phi) is 2.74. The summed E-state index contributed by atoms with van der Waals surface area (Å²) in [5, 5.41) is 10.3. The zero-order valence-corrected chi connectivity index (χ0v) is 10.1. The molecule has 0 radical (unpaired) electrons. The van der Waals surface area contributed by atoms with Gasteiger partial charge in [-0.2, -0.15) is 5.10 Å². The van der Waals surface area contributed by atoms with Crippen LogP contribution in [0.3, 0.4) is 0 Å². The first-order chi connectivity index (χ1) is 7.56. The summed E-state index contributed by atoms with van der Waals surface area (Å²) < 4.78 is 0. The fraction of sp³-hybridized carbons (Fsp3) is 0.300. The van der Waals surface area contributed by atoms with E-state index < -0.39 is 0 Å². The standard InChI is InChI=1S/C10H12N4OS/c1-5-4-8(14-13-5)12-10(15)9-6(2)11-7(3)16-9/h4H,1-3H3,(H2,12,13,14,15). The van der Waals surface area contributed by atoms with Gasteiger partial charge in [0.2, 0.25) is 0 Å². The third-order valence-electron chi connectivity index (χ3n) is 2.06. The van der Waals surface area contributed by atoms with Crippen LogP contribution in [0.2, 0.25) is 0 Å². The number of anilines is 1. The van der Waals surface area contributed by atoms with Crippen LogP contribution in [0.25, 0.3) is 0 Å². The van der Waals surface area contributed by atoms with Crippen molar-refractivity contribution in [2.45, 2.75) is 20.8 Å². The number of aromatic amines is 1. The number of aryl methyl sites for hydroxylation is 3. The van der Waals surface area contributed by atoms with E-state index in [1.807, 2.05) is 20.8 Å². The summed E-state index contributed by atoms with van der Waals surface area (Å²) in [5.41, 5.74) is 1.67.